The number of ketones is 1. The second-order valence-electron chi connectivity index (χ2n) is 4.69. The molecule has 0 saturated heterocycles. The summed E-state index contributed by atoms with van der Waals surface area (Å²) < 4.78 is 7.03. The van der Waals surface area contributed by atoms with Gasteiger partial charge in [0.25, 0.3) is 0 Å². The number of aryl methyl sites for hydroxylation is 2. The molecule has 0 aliphatic rings. The lowest BCUT2D eigenvalue weighted by atomic mass is 10.1. The van der Waals surface area contributed by atoms with Gasteiger partial charge in [-0.15, -0.1) is 0 Å². The Bertz CT molecular complexity index is 558. The molecule has 20 heavy (non-hydrogen) atoms. The quantitative estimate of drug-likeness (QED) is 0.728. The van der Waals surface area contributed by atoms with Gasteiger partial charge in [-0.05, 0) is 43.5 Å². The predicted molar refractivity (Wildman–Crippen MR) is 78.1 cm³/mol. The summed E-state index contributed by atoms with van der Waals surface area (Å²) in [6.07, 6.45) is 3.94. The molecule has 4 heteroatoms. The van der Waals surface area contributed by atoms with Crippen LogP contribution in [-0.2, 0) is 13.5 Å². The van der Waals surface area contributed by atoms with Crippen molar-refractivity contribution in [3.63, 3.8) is 0 Å². The topological polar surface area (TPSA) is 44.1 Å². The normalized spacial score (nSPS) is 10.5. The summed E-state index contributed by atoms with van der Waals surface area (Å²) in [7, 11) is 1.79. The summed E-state index contributed by atoms with van der Waals surface area (Å²) in [5.74, 6) is 1.04. The van der Waals surface area contributed by atoms with E-state index in [2.05, 4.69) is 17.2 Å². The van der Waals surface area contributed by atoms with E-state index in [9.17, 15) is 4.79 Å². The first-order chi connectivity index (χ1) is 9.70. The summed E-state index contributed by atoms with van der Waals surface area (Å²) in [6.45, 7) is 2.65. The third-order valence-electron chi connectivity index (χ3n) is 3.21. The molecule has 0 unspecified atom stereocenters. The Balaban J connectivity index is 1.81. The van der Waals surface area contributed by atoms with Gasteiger partial charge in [0, 0.05) is 19.7 Å². The fraction of sp³-hybridized carbons (Fsp3) is 0.375. The maximum Gasteiger partial charge on any atom is 0.180 e. The van der Waals surface area contributed by atoms with E-state index in [0.29, 0.717) is 18.7 Å². The number of ether oxygens (including phenoxy) is 1. The first kappa shape index (κ1) is 14.3. The third-order valence-corrected chi connectivity index (χ3v) is 3.21. The molecule has 1 aromatic heterocycles. The van der Waals surface area contributed by atoms with Crippen molar-refractivity contribution in [2.45, 2.75) is 26.2 Å². The maximum absolute atomic E-state index is 12.0. The van der Waals surface area contributed by atoms with Crippen LogP contribution >= 0.6 is 0 Å². The van der Waals surface area contributed by atoms with Gasteiger partial charge in [-0.1, -0.05) is 12.1 Å². The van der Waals surface area contributed by atoms with E-state index in [1.807, 2.05) is 19.1 Å². The van der Waals surface area contributed by atoms with Crippen LogP contribution in [0, 0.1) is 0 Å². The number of rotatable bonds is 7. The maximum atomic E-state index is 12.0. The minimum atomic E-state index is 0.149. The molecule has 106 valence electrons. The van der Waals surface area contributed by atoms with Gasteiger partial charge in [-0.25, -0.2) is 0 Å². The smallest absolute Gasteiger partial charge is 0.180 e. The molecule has 0 atom stereocenters. The Morgan fingerprint density at radius 3 is 2.60 bits per heavy atom. The first-order valence-electron chi connectivity index (χ1n) is 6.93. The monoisotopic (exact) mass is 272 g/mol. The lowest BCUT2D eigenvalue weighted by Crippen LogP contribution is -2.07. The number of aromatic nitrogens is 2. The van der Waals surface area contributed by atoms with Gasteiger partial charge in [0.05, 0.1) is 6.61 Å². The highest BCUT2D eigenvalue weighted by atomic mass is 16.5. The van der Waals surface area contributed by atoms with Crippen LogP contribution < -0.4 is 4.74 Å². The fourth-order valence-electron chi connectivity index (χ4n) is 2.15. The highest BCUT2D eigenvalue weighted by Gasteiger charge is 2.09. The molecule has 0 N–H and O–H groups in total. The largest absolute Gasteiger partial charge is 0.494 e. The SMILES string of the molecule is CCOc1ccc(CCCC(=O)c2ccnn2C)cc1. The van der Waals surface area contributed by atoms with Gasteiger partial charge in [0.1, 0.15) is 11.4 Å². The summed E-state index contributed by atoms with van der Waals surface area (Å²) in [5.41, 5.74) is 1.91. The fourth-order valence-corrected chi connectivity index (χ4v) is 2.15. The van der Waals surface area contributed by atoms with Crippen molar-refractivity contribution in [2.75, 3.05) is 6.61 Å². The van der Waals surface area contributed by atoms with E-state index in [4.69, 9.17) is 4.74 Å². The van der Waals surface area contributed by atoms with Gasteiger partial charge in [-0.3, -0.25) is 9.48 Å². The number of hydrogen-bond acceptors (Lipinski definition) is 3. The van der Waals surface area contributed by atoms with Crippen molar-refractivity contribution in [1.82, 2.24) is 9.78 Å². The summed E-state index contributed by atoms with van der Waals surface area (Å²) in [6, 6.07) is 9.82. The van der Waals surface area contributed by atoms with E-state index in [1.54, 1.807) is 24.0 Å². The van der Waals surface area contributed by atoms with Crippen molar-refractivity contribution in [3.05, 3.63) is 47.8 Å². The van der Waals surface area contributed by atoms with Crippen LogP contribution in [0.4, 0.5) is 0 Å². The van der Waals surface area contributed by atoms with Crippen molar-refractivity contribution in [1.29, 1.82) is 0 Å². The van der Waals surface area contributed by atoms with E-state index < -0.39 is 0 Å². The molecular weight excluding hydrogens is 252 g/mol. The van der Waals surface area contributed by atoms with Crippen molar-refractivity contribution < 1.29 is 9.53 Å². The molecule has 1 aromatic carbocycles. The Morgan fingerprint density at radius 2 is 2.00 bits per heavy atom. The molecule has 2 aromatic rings. The Labute approximate surface area is 119 Å². The number of Topliss-reactive ketones (excluding diaryl/α,β-unsaturated/α-hetero) is 1. The minimum Gasteiger partial charge on any atom is -0.494 e. The second kappa shape index (κ2) is 6.89. The summed E-state index contributed by atoms with van der Waals surface area (Å²) in [5, 5.41) is 4.01. The highest BCUT2D eigenvalue weighted by Crippen LogP contribution is 2.14. The molecule has 1 heterocycles. The molecule has 4 nitrogen and oxygen atoms in total. The van der Waals surface area contributed by atoms with Crippen molar-refractivity contribution in [2.24, 2.45) is 7.05 Å². The number of benzene rings is 1. The van der Waals surface area contributed by atoms with Gasteiger partial charge < -0.3 is 4.74 Å². The lowest BCUT2D eigenvalue weighted by Gasteiger charge is -2.05. The zero-order valence-electron chi connectivity index (χ0n) is 12.0. The van der Waals surface area contributed by atoms with Crippen LogP contribution in [0.25, 0.3) is 0 Å². The molecule has 0 saturated carbocycles. The van der Waals surface area contributed by atoms with Crippen molar-refractivity contribution >= 4 is 5.78 Å². The number of hydrogen-bond donors (Lipinski definition) is 0. The zero-order chi connectivity index (χ0) is 14.4. The van der Waals surface area contributed by atoms with E-state index in [-0.39, 0.29) is 5.78 Å². The average Bonchev–Trinajstić information content (AvgIpc) is 2.87. The molecule has 0 spiro atoms. The standard InChI is InChI=1S/C16H20N2O2/c1-3-20-14-9-7-13(8-10-14)5-4-6-16(19)15-11-12-17-18(15)2/h7-12H,3-6H2,1-2H3. The highest BCUT2D eigenvalue weighted by molar-refractivity contribution is 5.94. The second-order valence-corrected chi connectivity index (χ2v) is 4.69. The van der Waals surface area contributed by atoms with Crippen LogP contribution in [0.15, 0.2) is 36.5 Å². The number of carbonyl (C=O) groups is 1. The average molecular weight is 272 g/mol. The summed E-state index contributed by atoms with van der Waals surface area (Å²) >= 11 is 0. The van der Waals surface area contributed by atoms with Gasteiger partial charge in [0.2, 0.25) is 0 Å². The van der Waals surface area contributed by atoms with Crippen molar-refractivity contribution in [3.8, 4) is 5.75 Å². The van der Waals surface area contributed by atoms with Crippen LogP contribution in [0.1, 0.15) is 35.8 Å². The zero-order valence-corrected chi connectivity index (χ0v) is 12.0. The predicted octanol–water partition coefficient (Wildman–Crippen LogP) is 3.02. The molecule has 0 amide bonds. The molecular formula is C16H20N2O2. The number of carbonyl (C=O) groups excluding carboxylic acids is 1. The number of nitrogens with zero attached hydrogens (tertiary/aromatic N) is 2. The molecule has 2 rings (SSSR count). The molecule has 0 fully saturated rings. The molecule has 0 aliphatic carbocycles. The molecule has 0 bridgehead atoms. The van der Waals surface area contributed by atoms with Crippen LogP contribution in [0.2, 0.25) is 0 Å². The van der Waals surface area contributed by atoms with Crippen LogP contribution in [0.5, 0.6) is 5.75 Å². The van der Waals surface area contributed by atoms with Crippen LogP contribution in [-0.4, -0.2) is 22.2 Å². The van der Waals surface area contributed by atoms with Gasteiger partial charge in [0.15, 0.2) is 5.78 Å². The Hall–Kier alpha value is -2.10. The minimum absolute atomic E-state index is 0.149. The third kappa shape index (κ3) is 3.70. The Morgan fingerprint density at radius 1 is 1.25 bits per heavy atom. The van der Waals surface area contributed by atoms with E-state index >= 15 is 0 Å². The summed E-state index contributed by atoms with van der Waals surface area (Å²) in [4.78, 5) is 12.0. The first-order valence-corrected chi connectivity index (χ1v) is 6.93. The van der Waals surface area contributed by atoms with E-state index in [0.717, 1.165) is 18.6 Å². The molecule has 0 radical (unpaired) electrons. The van der Waals surface area contributed by atoms with Crippen LogP contribution in [0.3, 0.4) is 0 Å². The van der Waals surface area contributed by atoms with Gasteiger partial charge >= 0.3 is 0 Å². The lowest BCUT2D eigenvalue weighted by molar-refractivity contribution is 0.0971. The molecule has 0 aliphatic heterocycles. The van der Waals surface area contributed by atoms with Gasteiger partial charge in [-0.2, -0.15) is 5.10 Å². The Kier molecular flexibility index (Phi) is 4.93. The van der Waals surface area contributed by atoms with E-state index in [1.165, 1.54) is 5.56 Å².